The van der Waals surface area contributed by atoms with Crippen molar-refractivity contribution in [2.24, 2.45) is 5.92 Å². The van der Waals surface area contributed by atoms with Crippen LogP contribution in [0.3, 0.4) is 0 Å². The second-order valence-corrected chi connectivity index (χ2v) is 6.14. The van der Waals surface area contributed by atoms with E-state index in [1.165, 1.54) is 13.0 Å². The molecular formula is C18H18F2N2O2. The number of aliphatic carboxylic acids is 1. The molecule has 1 unspecified atom stereocenters. The zero-order valence-electron chi connectivity index (χ0n) is 13.7. The molecule has 0 amide bonds. The Morgan fingerprint density at radius 2 is 1.96 bits per heavy atom. The van der Waals surface area contributed by atoms with Crippen LogP contribution in [-0.4, -0.2) is 11.1 Å². The minimum atomic E-state index is -1.32. The lowest BCUT2D eigenvalue weighted by Crippen LogP contribution is -2.30. The lowest BCUT2D eigenvalue weighted by Gasteiger charge is -2.29. The summed E-state index contributed by atoms with van der Waals surface area (Å²) in [6, 6.07) is 5.28. The molecule has 0 radical (unpaired) electrons. The minimum absolute atomic E-state index is 0.0377. The molecule has 0 saturated heterocycles. The first-order valence-electron chi connectivity index (χ1n) is 7.56. The van der Waals surface area contributed by atoms with E-state index < -0.39 is 29.1 Å². The van der Waals surface area contributed by atoms with Crippen LogP contribution in [0, 0.1) is 28.9 Å². The normalized spacial score (nSPS) is 17.8. The van der Waals surface area contributed by atoms with Crippen molar-refractivity contribution in [3.05, 3.63) is 57.9 Å². The molecule has 1 aromatic carbocycles. The Morgan fingerprint density at radius 1 is 1.38 bits per heavy atom. The van der Waals surface area contributed by atoms with Crippen LogP contribution < -0.4 is 5.32 Å². The fraction of sp³-hybridized carbons (Fsp3) is 0.333. The fourth-order valence-corrected chi connectivity index (χ4v) is 2.96. The van der Waals surface area contributed by atoms with E-state index in [4.69, 9.17) is 0 Å². The highest BCUT2D eigenvalue weighted by molar-refractivity contribution is 5.91. The molecule has 0 aromatic heterocycles. The van der Waals surface area contributed by atoms with E-state index in [1.807, 2.05) is 19.9 Å². The third kappa shape index (κ3) is 3.16. The molecule has 0 spiro atoms. The maximum absolute atomic E-state index is 14.3. The van der Waals surface area contributed by atoms with Crippen LogP contribution in [0.4, 0.5) is 8.78 Å². The van der Waals surface area contributed by atoms with E-state index in [-0.39, 0.29) is 22.8 Å². The fourth-order valence-electron chi connectivity index (χ4n) is 2.96. The summed E-state index contributed by atoms with van der Waals surface area (Å²) in [6.07, 6.45) is 0.472. The van der Waals surface area contributed by atoms with E-state index in [9.17, 15) is 23.9 Å². The average molecular weight is 332 g/mol. The van der Waals surface area contributed by atoms with Crippen molar-refractivity contribution in [2.75, 3.05) is 0 Å². The van der Waals surface area contributed by atoms with Crippen molar-refractivity contribution in [3.63, 3.8) is 0 Å². The van der Waals surface area contributed by atoms with Gasteiger partial charge in [0.1, 0.15) is 11.6 Å². The molecule has 1 aromatic rings. The largest absolute Gasteiger partial charge is 0.478 e. The summed E-state index contributed by atoms with van der Waals surface area (Å²) >= 11 is 0. The Bertz CT molecular complexity index is 768. The number of rotatable bonds is 4. The summed E-state index contributed by atoms with van der Waals surface area (Å²) < 4.78 is 28.6. The lowest BCUT2D eigenvalue weighted by atomic mass is 9.79. The number of allylic oxidation sites excluding steroid dienone is 3. The van der Waals surface area contributed by atoms with Gasteiger partial charge < -0.3 is 10.4 Å². The molecule has 1 heterocycles. The van der Waals surface area contributed by atoms with Gasteiger partial charge in [0.15, 0.2) is 0 Å². The highest BCUT2D eigenvalue weighted by Gasteiger charge is 2.37. The Hall–Kier alpha value is -2.68. The smallest absolute Gasteiger partial charge is 0.334 e. The number of hydrogen-bond acceptors (Lipinski definition) is 3. The molecule has 6 heteroatoms. The zero-order chi connectivity index (χ0) is 18.0. The summed E-state index contributed by atoms with van der Waals surface area (Å²) in [4.78, 5) is 11.7. The van der Waals surface area contributed by atoms with Crippen LogP contribution in [0.1, 0.15) is 38.7 Å². The lowest BCUT2D eigenvalue weighted by molar-refractivity contribution is -0.133. The molecule has 126 valence electrons. The van der Waals surface area contributed by atoms with Crippen LogP contribution in [0.5, 0.6) is 0 Å². The average Bonchev–Trinajstić information content (AvgIpc) is 2.45. The predicted molar refractivity (Wildman–Crippen MR) is 84.7 cm³/mol. The molecular weight excluding hydrogens is 314 g/mol. The van der Waals surface area contributed by atoms with Crippen molar-refractivity contribution in [1.82, 2.24) is 5.32 Å². The number of dihydropyridines is 1. The van der Waals surface area contributed by atoms with E-state index in [1.54, 1.807) is 0 Å². The summed E-state index contributed by atoms with van der Waals surface area (Å²) in [5.41, 5.74) is 0.194. The minimum Gasteiger partial charge on any atom is -0.478 e. The van der Waals surface area contributed by atoms with Gasteiger partial charge in [-0.05, 0) is 31.4 Å². The Balaban J connectivity index is 2.76. The highest BCUT2D eigenvalue weighted by atomic mass is 19.1. The van der Waals surface area contributed by atoms with Crippen molar-refractivity contribution in [3.8, 4) is 6.07 Å². The first kappa shape index (κ1) is 17.7. The van der Waals surface area contributed by atoms with Gasteiger partial charge in [-0.15, -0.1) is 0 Å². The Morgan fingerprint density at radius 3 is 2.42 bits per heavy atom. The van der Waals surface area contributed by atoms with Gasteiger partial charge in [-0.1, -0.05) is 19.9 Å². The van der Waals surface area contributed by atoms with E-state index in [2.05, 4.69) is 5.32 Å². The number of carboxylic acids is 1. The van der Waals surface area contributed by atoms with E-state index in [0.717, 1.165) is 12.1 Å². The maximum atomic E-state index is 14.3. The van der Waals surface area contributed by atoms with Gasteiger partial charge >= 0.3 is 5.97 Å². The number of nitrogens with zero attached hydrogens (tertiary/aromatic N) is 1. The van der Waals surface area contributed by atoms with Crippen molar-refractivity contribution in [2.45, 2.75) is 33.1 Å². The quantitative estimate of drug-likeness (QED) is 0.879. The van der Waals surface area contributed by atoms with Crippen LogP contribution >= 0.6 is 0 Å². The molecule has 24 heavy (non-hydrogen) atoms. The van der Waals surface area contributed by atoms with Crippen molar-refractivity contribution >= 4 is 5.97 Å². The molecule has 2 N–H and O–H groups in total. The summed E-state index contributed by atoms with van der Waals surface area (Å²) in [5.74, 6) is -4.15. The highest BCUT2D eigenvalue weighted by Crippen LogP contribution is 2.41. The SMILES string of the molecule is CC1=C(C(=O)O)C(c2c(F)cccc2F)C(C#N)=C(CC(C)C)N1. The van der Waals surface area contributed by atoms with Crippen molar-refractivity contribution in [1.29, 1.82) is 5.26 Å². The molecule has 1 aliphatic rings. The monoisotopic (exact) mass is 332 g/mol. The van der Waals surface area contributed by atoms with Crippen molar-refractivity contribution < 1.29 is 18.7 Å². The van der Waals surface area contributed by atoms with Gasteiger partial charge in [-0.3, -0.25) is 0 Å². The van der Waals surface area contributed by atoms with Gasteiger partial charge in [0.25, 0.3) is 0 Å². The van der Waals surface area contributed by atoms with Gasteiger partial charge in [0, 0.05) is 17.0 Å². The first-order chi connectivity index (χ1) is 11.3. The van der Waals surface area contributed by atoms with Gasteiger partial charge in [-0.2, -0.15) is 5.26 Å². The molecule has 2 rings (SSSR count). The third-order valence-electron chi connectivity index (χ3n) is 3.90. The molecule has 0 saturated carbocycles. The third-order valence-corrected chi connectivity index (χ3v) is 3.90. The number of nitriles is 1. The number of nitrogens with one attached hydrogen (secondary N) is 1. The number of hydrogen-bond donors (Lipinski definition) is 2. The molecule has 0 bridgehead atoms. The molecule has 0 fully saturated rings. The van der Waals surface area contributed by atoms with Gasteiger partial charge in [0.05, 0.1) is 23.1 Å². The Labute approximate surface area is 139 Å². The summed E-state index contributed by atoms with van der Waals surface area (Å²) in [6.45, 7) is 5.41. The molecule has 0 aliphatic carbocycles. The second kappa shape index (κ2) is 6.83. The molecule has 4 nitrogen and oxygen atoms in total. The summed E-state index contributed by atoms with van der Waals surface area (Å²) in [5, 5.41) is 22.0. The van der Waals surface area contributed by atoms with Gasteiger partial charge in [0.2, 0.25) is 0 Å². The maximum Gasteiger partial charge on any atom is 0.334 e. The number of benzene rings is 1. The van der Waals surface area contributed by atoms with E-state index in [0.29, 0.717) is 12.1 Å². The first-order valence-corrected chi connectivity index (χ1v) is 7.56. The number of carbonyl (C=O) groups is 1. The molecule has 1 aliphatic heterocycles. The standard InChI is InChI=1S/C18H18F2N2O2/c1-9(2)7-14-11(8-21)16(15(18(23)24)10(3)22-14)17-12(19)5-4-6-13(17)20/h4-6,9,16,22H,7H2,1-3H3,(H,23,24). The van der Waals surface area contributed by atoms with E-state index >= 15 is 0 Å². The van der Waals surface area contributed by atoms with Crippen LogP contribution in [0.2, 0.25) is 0 Å². The van der Waals surface area contributed by atoms with Crippen LogP contribution in [0.25, 0.3) is 0 Å². The predicted octanol–water partition coefficient (Wildman–Crippen LogP) is 3.83. The second-order valence-electron chi connectivity index (χ2n) is 6.14. The zero-order valence-corrected chi connectivity index (χ0v) is 13.7. The van der Waals surface area contributed by atoms with Crippen LogP contribution in [0.15, 0.2) is 40.7 Å². The van der Waals surface area contributed by atoms with Crippen LogP contribution in [-0.2, 0) is 4.79 Å². The van der Waals surface area contributed by atoms with Gasteiger partial charge in [-0.25, -0.2) is 13.6 Å². The topological polar surface area (TPSA) is 73.1 Å². The summed E-state index contributed by atoms with van der Waals surface area (Å²) in [7, 11) is 0. The number of halogens is 2. The Kier molecular flexibility index (Phi) is 5.03. The molecule has 1 atom stereocenters. The number of carboxylic acid groups (broad SMARTS) is 1.